The Morgan fingerprint density at radius 3 is 2.53 bits per heavy atom. The molecule has 0 saturated heterocycles. The Bertz CT molecular complexity index is 1320. The summed E-state index contributed by atoms with van der Waals surface area (Å²) < 4.78 is 17.4. The molecule has 2 aliphatic rings. The van der Waals surface area contributed by atoms with Gasteiger partial charge in [0.05, 0.1) is 6.20 Å². The van der Waals surface area contributed by atoms with Crippen LogP contribution in [0.25, 0.3) is 23.0 Å². The summed E-state index contributed by atoms with van der Waals surface area (Å²) >= 11 is 0. The monoisotopic (exact) mass is 430 g/mol. The van der Waals surface area contributed by atoms with Crippen LogP contribution in [0, 0.1) is 12.7 Å². The molecule has 1 spiro atoms. The molecule has 162 valence electrons. The van der Waals surface area contributed by atoms with Gasteiger partial charge in [0.15, 0.2) is 11.6 Å². The third-order valence-corrected chi connectivity index (χ3v) is 6.56. The molecule has 1 aliphatic heterocycles. The maximum atomic E-state index is 13.4. The number of nitrogens with zero attached hydrogens (tertiary/aromatic N) is 8. The number of rotatable bonds is 3. The molecule has 0 atom stereocenters. The van der Waals surface area contributed by atoms with Crippen molar-refractivity contribution in [1.29, 1.82) is 0 Å². The number of hydrogen-bond acceptors (Lipinski definition) is 6. The van der Waals surface area contributed by atoms with Crippen molar-refractivity contribution in [1.82, 2.24) is 34.3 Å². The molecule has 1 aliphatic carbocycles. The fraction of sp³-hybridized carbons (Fsp3) is 0.348. The molecule has 0 N–H and O–H groups in total. The highest BCUT2D eigenvalue weighted by Crippen LogP contribution is 2.52. The van der Waals surface area contributed by atoms with E-state index in [1.54, 1.807) is 18.3 Å². The highest BCUT2D eigenvalue weighted by atomic mass is 19.1. The van der Waals surface area contributed by atoms with Crippen LogP contribution in [0.1, 0.15) is 44.8 Å². The molecule has 9 heteroatoms. The predicted octanol–water partition coefficient (Wildman–Crippen LogP) is 3.97. The van der Waals surface area contributed by atoms with Crippen LogP contribution in [-0.4, -0.2) is 40.3 Å². The molecule has 32 heavy (non-hydrogen) atoms. The number of fused-ring (bicyclic) bond motifs is 4. The summed E-state index contributed by atoms with van der Waals surface area (Å²) in [5, 5.41) is 8.95. The molecule has 0 amide bonds. The van der Waals surface area contributed by atoms with Gasteiger partial charge in [-0.15, -0.1) is 10.2 Å². The van der Waals surface area contributed by atoms with E-state index >= 15 is 0 Å². The minimum absolute atomic E-state index is 0.192. The van der Waals surface area contributed by atoms with Gasteiger partial charge in [-0.05, 0) is 64.3 Å². The van der Waals surface area contributed by atoms with E-state index in [9.17, 15) is 4.39 Å². The predicted molar refractivity (Wildman–Crippen MR) is 117 cm³/mol. The molecular formula is C23H23FN8. The largest absolute Gasteiger partial charge is 0.339 e. The lowest BCUT2D eigenvalue weighted by Crippen LogP contribution is -2.58. The van der Waals surface area contributed by atoms with Gasteiger partial charge in [0.1, 0.15) is 28.7 Å². The van der Waals surface area contributed by atoms with Crippen molar-refractivity contribution in [3.8, 4) is 23.0 Å². The van der Waals surface area contributed by atoms with Crippen LogP contribution in [0.15, 0.2) is 42.9 Å². The molecule has 1 aromatic carbocycles. The van der Waals surface area contributed by atoms with Crippen LogP contribution in [-0.2, 0) is 5.54 Å². The molecule has 4 aromatic rings. The van der Waals surface area contributed by atoms with Crippen LogP contribution in [0.3, 0.4) is 0 Å². The molecule has 4 heterocycles. The van der Waals surface area contributed by atoms with Gasteiger partial charge in [0.2, 0.25) is 5.95 Å². The first kappa shape index (κ1) is 19.1. The second-order valence-electron chi connectivity index (χ2n) is 8.76. The lowest BCUT2D eigenvalue weighted by molar-refractivity contribution is 0.194. The summed E-state index contributed by atoms with van der Waals surface area (Å²) in [6.45, 7) is 6.34. The van der Waals surface area contributed by atoms with Crippen LogP contribution in [0.5, 0.6) is 0 Å². The van der Waals surface area contributed by atoms with Gasteiger partial charge >= 0.3 is 0 Å². The van der Waals surface area contributed by atoms with Crippen LogP contribution >= 0.6 is 0 Å². The number of anilines is 1. The van der Waals surface area contributed by atoms with Crippen LogP contribution in [0.2, 0.25) is 0 Å². The van der Waals surface area contributed by atoms with Crippen molar-refractivity contribution < 1.29 is 4.39 Å². The Morgan fingerprint density at radius 2 is 1.84 bits per heavy atom. The quantitative estimate of drug-likeness (QED) is 0.490. The van der Waals surface area contributed by atoms with E-state index in [1.807, 2.05) is 23.9 Å². The Labute approximate surface area is 184 Å². The molecule has 8 nitrogen and oxygen atoms in total. The fourth-order valence-electron chi connectivity index (χ4n) is 5.06. The Morgan fingerprint density at radius 1 is 1.06 bits per heavy atom. The maximum Gasteiger partial charge on any atom is 0.237 e. The van der Waals surface area contributed by atoms with E-state index in [-0.39, 0.29) is 17.4 Å². The van der Waals surface area contributed by atoms with E-state index < -0.39 is 0 Å². The van der Waals surface area contributed by atoms with Gasteiger partial charge < -0.3 is 4.90 Å². The Hall–Kier alpha value is -3.62. The number of aryl methyl sites for hydroxylation is 1. The summed E-state index contributed by atoms with van der Waals surface area (Å²) in [7, 11) is 0. The molecule has 1 saturated carbocycles. The summed E-state index contributed by atoms with van der Waals surface area (Å²) in [6, 6.07) is 6.51. The van der Waals surface area contributed by atoms with Gasteiger partial charge in [-0.2, -0.15) is 4.98 Å². The van der Waals surface area contributed by atoms with Crippen molar-refractivity contribution >= 4 is 5.82 Å². The molecule has 3 aromatic heterocycles. The first-order valence-corrected chi connectivity index (χ1v) is 10.9. The number of halogens is 1. The van der Waals surface area contributed by atoms with Gasteiger partial charge in [-0.25, -0.2) is 14.4 Å². The normalized spacial score (nSPS) is 16.2. The molecule has 1 fully saturated rings. The topological polar surface area (TPSA) is 77.5 Å². The number of imidazole rings is 1. The first-order valence-electron chi connectivity index (χ1n) is 10.9. The number of hydrogen-bond donors (Lipinski definition) is 0. The van der Waals surface area contributed by atoms with Crippen molar-refractivity contribution in [2.24, 2.45) is 0 Å². The van der Waals surface area contributed by atoms with Gasteiger partial charge in [-0.3, -0.25) is 9.13 Å². The number of aromatic nitrogens is 7. The van der Waals surface area contributed by atoms with E-state index in [4.69, 9.17) is 4.98 Å². The fourth-order valence-corrected chi connectivity index (χ4v) is 5.06. The zero-order valence-electron chi connectivity index (χ0n) is 18.2. The molecular weight excluding hydrogens is 407 g/mol. The van der Waals surface area contributed by atoms with E-state index in [2.05, 4.69) is 43.5 Å². The Kier molecular flexibility index (Phi) is 3.99. The van der Waals surface area contributed by atoms with Crippen molar-refractivity contribution in [3.63, 3.8) is 0 Å². The Balaban J connectivity index is 1.54. The van der Waals surface area contributed by atoms with Gasteiger partial charge in [0, 0.05) is 24.0 Å². The van der Waals surface area contributed by atoms with Crippen LogP contribution in [0.4, 0.5) is 10.2 Å². The third kappa shape index (κ3) is 2.50. The van der Waals surface area contributed by atoms with E-state index in [1.165, 1.54) is 12.1 Å². The smallest absolute Gasteiger partial charge is 0.237 e. The third-order valence-electron chi connectivity index (χ3n) is 6.56. The van der Waals surface area contributed by atoms with Crippen LogP contribution < -0.4 is 4.90 Å². The summed E-state index contributed by atoms with van der Waals surface area (Å²) in [4.78, 5) is 16.6. The van der Waals surface area contributed by atoms with E-state index in [0.29, 0.717) is 11.8 Å². The second-order valence-corrected chi connectivity index (χ2v) is 8.76. The first-order chi connectivity index (χ1) is 15.5. The SMILES string of the molecule is Cc1nnc2n1-c1cnc(-n3ccnc3-c3ccc(F)cc3)nc1N(C(C)C)C21CCC1. The lowest BCUT2D eigenvalue weighted by Gasteiger charge is -2.54. The highest BCUT2D eigenvalue weighted by molar-refractivity contribution is 5.66. The number of benzene rings is 1. The zero-order valence-corrected chi connectivity index (χ0v) is 18.2. The van der Waals surface area contributed by atoms with Crippen molar-refractivity contribution in [2.45, 2.75) is 51.6 Å². The van der Waals surface area contributed by atoms with Gasteiger partial charge in [-0.1, -0.05) is 0 Å². The molecule has 0 radical (unpaired) electrons. The average Bonchev–Trinajstić information content (AvgIpc) is 3.39. The minimum Gasteiger partial charge on any atom is -0.339 e. The van der Waals surface area contributed by atoms with E-state index in [0.717, 1.165) is 48.0 Å². The highest BCUT2D eigenvalue weighted by Gasteiger charge is 2.53. The van der Waals surface area contributed by atoms with Crippen molar-refractivity contribution in [3.05, 3.63) is 60.3 Å². The maximum absolute atomic E-state index is 13.4. The second kappa shape index (κ2) is 6.69. The lowest BCUT2D eigenvalue weighted by atomic mass is 9.72. The standard InChI is InChI=1S/C23H23FN8/c1-14(2)32-20-18(31-15(3)28-29-21(31)23(32)9-4-10-23)13-26-22(27-20)30-12-11-25-19(30)16-5-7-17(24)8-6-16/h5-8,11-14H,4,9-10H2,1-3H3. The average molecular weight is 430 g/mol. The zero-order chi connectivity index (χ0) is 22.0. The summed E-state index contributed by atoms with van der Waals surface area (Å²) in [6.07, 6.45) is 8.57. The summed E-state index contributed by atoms with van der Waals surface area (Å²) in [5.41, 5.74) is 1.50. The minimum atomic E-state index is -0.282. The summed E-state index contributed by atoms with van der Waals surface area (Å²) in [5.74, 6) is 3.59. The molecule has 0 bridgehead atoms. The van der Waals surface area contributed by atoms with Crippen molar-refractivity contribution in [2.75, 3.05) is 4.90 Å². The van der Waals surface area contributed by atoms with Gasteiger partial charge in [0.25, 0.3) is 0 Å². The molecule has 0 unspecified atom stereocenters. The molecule has 6 rings (SSSR count).